The predicted octanol–water partition coefficient (Wildman–Crippen LogP) is 5.54. The molecular weight excluding hydrogens is 550 g/mol. The molecule has 1 unspecified atom stereocenters. The SMILES string of the molecule is CCC(C(=O)NC)N(Cc1cccc(C)c1)C(=O)CN(c1ccc(Oc2ccccc2)cc1)S(=O)(=O)c1ccccc1. The van der Waals surface area contributed by atoms with Crippen molar-refractivity contribution in [3.05, 3.63) is 120 Å². The molecule has 4 rings (SSSR count). The summed E-state index contributed by atoms with van der Waals surface area (Å²) in [5, 5.41) is 2.64. The van der Waals surface area contributed by atoms with Crippen molar-refractivity contribution < 1.29 is 22.7 Å². The van der Waals surface area contributed by atoms with Gasteiger partial charge in [-0.15, -0.1) is 0 Å². The molecule has 42 heavy (non-hydrogen) atoms. The van der Waals surface area contributed by atoms with Crippen LogP contribution >= 0.6 is 0 Å². The predicted molar refractivity (Wildman–Crippen MR) is 164 cm³/mol. The van der Waals surface area contributed by atoms with Gasteiger partial charge >= 0.3 is 0 Å². The van der Waals surface area contributed by atoms with Crippen molar-refractivity contribution in [3.8, 4) is 11.5 Å². The van der Waals surface area contributed by atoms with Gasteiger partial charge in [0.1, 0.15) is 24.1 Å². The van der Waals surface area contributed by atoms with Crippen molar-refractivity contribution in [2.45, 2.75) is 37.8 Å². The highest BCUT2D eigenvalue weighted by Gasteiger charge is 2.33. The molecule has 1 N–H and O–H groups in total. The van der Waals surface area contributed by atoms with Crippen LogP contribution in [-0.4, -0.2) is 44.8 Å². The second-order valence-electron chi connectivity index (χ2n) is 9.78. The summed E-state index contributed by atoms with van der Waals surface area (Å²) in [7, 11) is -2.63. The number of nitrogens with one attached hydrogen (secondary N) is 1. The van der Waals surface area contributed by atoms with E-state index in [2.05, 4.69) is 5.32 Å². The van der Waals surface area contributed by atoms with E-state index in [-0.39, 0.29) is 23.0 Å². The first-order chi connectivity index (χ1) is 20.2. The van der Waals surface area contributed by atoms with E-state index in [4.69, 9.17) is 4.74 Å². The lowest BCUT2D eigenvalue weighted by Crippen LogP contribution is -2.51. The molecule has 4 aromatic rings. The fourth-order valence-corrected chi connectivity index (χ4v) is 6.08. The summed E-state index contributed by atoms with van der Waals surface area (Å²) in [4.78, 5) is 28.4. The number of likely N-dealkylation sites (N-methyl/N-ethyl adjacent to an activating group) is 1. The van der Waals surface area contributed by atoms with Gasteiger partial charge in [-0.1, -0.05) is 73.2 Å². The molecule has 0 saturated carbocycles. The van der Waals surface area contributed by atoms with Crippen LogP contribution in [0.15, 0.2) is 114 Å². The van der Waals surface area contributed by atoms with E-state index in [1.807, 2.05) is 68.4 Å². The van der Waals surface area contributed by atoms with Gasteiger partial charge in [-0.05, 0) is 67.4 Å². The second kappa shape index (κ2) is 13.8. The maximum absolute atomic E-state index is 14.0. The Morgan fingerprint density at radius 1 is 0.833 bits per heavy atom. The van der Waals surface area contributed by atoms with E-state index in [0.717, 1.165) is 15.4 Å². The highest BCUT2D eigenvalue weighted by Crippen LogP contribution is 2.28. The summed E-state index contributed by atoms with van der Waals surface area (Å²) in [6.45, 7) is 3.41. The zero-order valence-corrected chi connectivity index (χ0v) is 24.8. The summed E-state index contributed by atoms with van der Waals surface area (Å²) in [6, 6.07) is 30.6. The van der Waals surface area contributed by atoms with Crippen molar-refractivity contribution in [2.24, 2.45) is 0 Å². The molecule has 218 valence electrons. The summed E-state index contributed by atoms with van der Waals surface area (Å²) in [5.41, 5.74) is 2.14. The number of hydrogen-bond acceptors (Lipinski definition) is 5. The van der Waals surface area contributed by atoms with Crippen LogP contribution in [-0.2, 0) is 26.2 Å². The Balaban J connectivity index is 1.71. The molecule has 0 bridgehead atoms. The number of carbonyl (C=O) groups excluding carboxylic acids is 2. The van der Waals surface area contributed by atoms with Gasteiger partial charge in [0.25, 0.3) is 10.0 Å². The Morgan fingerprint density at radius 3 is 2.05 bits per heavy atom. The fraction of sp³-hybridized carbons (Fsp3) is 0.212. The summed E-state index contributed by atoms with van der Waals surface area (Å²) < 4.78 is 34.8. The minimum Gasteiger partial charge on any atom is -0.457 e. The van der Waals surface area contributed by atoms with Gasteiger partial charge in [0, 0.05) is 13.6 Å². The Morgan fingerprint density at radius 2 is 1.45 bits per heavy atom. The van der Waals surface area contributed by atoms with E-state index < -0.39 is 28.5 Å². The molecule has 0 heterocycles. The summed E-state index contributed by atoms with van der Waals surface area (Å²) in [6.07, 6.45) is 0.355. The summed E-state index contributed by atoms with van der Waals surface area (Å²) in [5.74, 6) is 0.329. The lowest BCUT2D eigenvalue weighted by Gasteiger charge is -2.33. The molecule has 1 atom stereocenters. The quantitative estimate of drug-likeness (QED) is 0.236. The van der Waals surface area contributed by atoms with Gasteiger partial charge in [-0.25, -0.2) is 8.42 Å². The number of ether oxygens (including phenoxy) is 1. The van der Waals surface area contributed by atoms with E-state index in [0.29, 0.717) is 17.9 Å². The van der Waals surface area contributed by atoms with Gasteiger partial charge < -0.3 is 15.0 Å². The molecule has 9 heteroatoms. The average molecular weight is 586 g/mol. The third-order valence-corrected chi connectivity index (χ3v) is 8.57. The molecule has 0 saturated heterocycles. The lowest BCUT2D eigenvalue weighted by atomic mass is 10.1. The Kier molecular flexibility index (Phi) is 9.98. The van der Waals surface area contributed by atoms with Gasteiger partial charge in [0.05, 0.1) is 10.6 Å². The van der Waals surface area contributed by atoms with E-state index in [1.54, 1.807) is 42.5 Å². The van der Waals surface area contributed by atoms with E-state index in [9.17, 15) is 18.0 Å². The van der Waals surface area contributed by atoms with Crippen molar-refractivity contribution in [3.63, 3.8) is 0 Å². The van der Waals surface area contributed by atoms with Gasteiger partial charge in [0.2, 0.25) is 11.8 Å². The van der Waals surface area contributed by atoms with Crippen molar-refractivity contribution in [2.75, 3.05) is 17.9 Å². The molecular formula is C33H35N3O5S. The Hall–Kier alpha value is -4.63. The molecule has 4 aromatic carbocycles. The fourth-order valence-electron chi connectivity index (χ4n) is 4.65. The molecule has 0 aliphatic rings. The maximum atomic E-state index is 14.0. The van der Waals surface area contributed by atoms with Crippen molar-refractivity contribution in [1.82, 2.24) is 10.2 Å². The molecule has 2 amide bonds. The largest absolute Gasteiger partial charge is 0.457 e. The number of hydrogen-bond donors (Lipinski definition) is 1. The van der Waals surface area contributed by atoms with Crippen molar-refractivity contribution in [1.29, 1.82) is 0 Å². The number of rotatable bonds is 12. The Labute approximate surface area is 247 Å². The zero-order chi connectivity index (χ0) is 30.1. The van der Waals surface area contributed by atoms with Crippen LogP contribution in [0.25, 0.3) is 0 Å². The van der Waals surface area contributed by atoms with Gasteiger partial charge in [0.15, 0.2) is 0 Å². The lowest BCUT2D eigenvalue weighted by molar-refractivity contribution is -0.140. The van der Waals surface area contributed by atoms with Crippen LogP contribution in [0.2, 0.25) is 0 Å². The third-order valence-electron chi connectivity index (χ3n) is 6.78. The first-order valence-electron chi connectivity index (χ1n) is 13.7. The molecule has 0 aromatic heterocycles. The van der Waals surface area contributed by atoms with E-state index in [1.165, 1.54) is 24.1 Å². The number of benzene rings is 4. The number of para-hydroxylation sites is 1. The molecule has 0 fully saturated rings. The monoisotopic (exact) mass is 585 g/mol. The normalized spacial score (nSPS) is 11.8. The Bertz CT molecular complexity index is 1590. The number of carbonyl (C=O) groups is 2. The van der Waals surface area contributed by atoms with E-state index >= 15 is 0 Å². The second-order valence-corrected chi connectivity index (χ2v) is 11.6. The summed E-state index contributed by atoms with van der Waals surface area (Å²) >= 11 is 0. The van der Waals surface area contributed by atoms with Crippen LogP contribution in [0.5, 0.6) is 11.5 Å². The van der Waals surface area contributed by atoms with Crippen molar-refractivity contribution >= 4 is 27.5 Å². The molecule has 0 spiro atoms. The standard InChI is InChI=1S/C33H35N3O5S/c1-4-31(33(38)34-3)35(23-26-13-11-12-25(2)22-26)32(37)24-36(42(39,40)30-16-9-6-10-17-30)27-18-20-29(21-19-27)41-28-14-7-5-8-15-28/h5-22,31H,4,23-24H2,1-3H3,(H,34,38). The number of sulfonamides is 1. The number of anilines is 1. The first-order valence-corrected chi connectivity index (χ1v) is 15.1. The number of amides is 2. The van der Waals surface area contributed by atoms with Crippen LogP contribution in [0, 0.1) is 6.92 Å². The minimum atomic E-state index is -4.15. The van der Waals surface area contributed by atoms with Gasteiger partial charge in [-0.2, -0.15) is 0 Å². The van der Waals surface area contributed by atoms with Gasteiger partial charge in [-0.3, -0.25) is 13.9 Å². The highest BCUT2D eigenvalue weighted by molar-refractivity contribution is 7.92. The van der Waals surface area contributed by atoms with Crippen LogP contribution < -0.4 is 14.4 Å². The zero-order valence-electron chi connectivity index (χ0n) is 23.9. The maximum Gasteiger partial charge on any atom is 0.264 e. The van der Waals surface area contributed by atoms with Crippen LogP contribution in [0.1, 0.15) is 24.5 Å². The minimum absolute atomic E-state index is 0.0472. The topological polar surface area (TPSA) is 96.0 Å². The number of aryl methyl sites for hydroxylation is 1. The average Bonchev–Trinajstić information content (AvgIpc) is 3.01. The third kappa shape index (κ3) is 7.36. The number of nitrogens with zero attached hydrogens (tertiary/aromatic N) is 2. The first kappa shape index (κ1) is 30.3. The smallest absolute Gasteiger partial charge is 0.264 e. The molecule has 0 radical (unpaired) electrons. The van der Waals surface area contributed by atoms with Crippen LogP contribution in [0.4, 0.5) is 5.69 Å². The molecule has 0 aliphatic carbocycles. The molecule has 0 aliphatic heterocycles. The molecule has 8 nitrogen and oxygen atoms in total. The van der Waals surface area contributed by atoms with Crippen LogP contribution in [0.3, 0.4) is 0 Å². The highest BCUT2D eigenvalue weighted by atomic mass is 32.2.